The highest BCUT2D eigenvalue weighted by molar-refractivity contribution is 5.81. The van der Waals surface area contributed by atoms with Crippen LogP contribution in [0.3, 0.4) is 0 Å². The van der Waals surface area contributed by atoms with Gasteiger partial charge in [0.2, 0.25) is 0 Å². The van der Waals surface area contributed by atoms with Crippen LogP contribution in [0.15, 0.2) is 48.7 Å². The number of aromatic nitrogens is 2. The van der Waals surface area contributed by atoms with Gasteiger partial charge in [-0.05, 0) is 50.2 Å². The highest BCUT2D eigenvalue weighted by Crippen LogP contribution is 2.29. The number of nitrogens with one attached hydrogen (secondary N) is 1. The van der Waals surface area contributed by atoms with Crippen molar-refractivity contribution in [3.8, 4) is 17.0 Å². The van der Waals surface area contributed by atoms with E-state index >= 15 is 0 Å². The first kappa shape index (κ1) is 16.8. The van der Waals surface area contributed by atoms with E-state index in [1.165, 1.54) is 0 Å². The molecular formula is C19H21N3O3. The van der Waals surface area contributed by atoms with E-state index in [0.29, 0.717) is 13.2 Å². The van der Waals surface area contributed by atoms with Gasteiger partial charge in [-0.25, -0.2) is 4.98 Å². The second-order valence-corrected chi connectivity index (χ2v) is 5.35. The largest absolute Gasteiger partial charge is 0.494 e. The number of ether oxygens (including phenoxy) is 2. The van der Waals surface area contributed by atoms with Crippen LogP contribution in [0, 0.1) is 0 Å². The first-order valence-corrected chi connectivity index (χ1v) is 8.32. The summed E-state index contributed by atoms with van der Waals surface area (Å²) >= 11 is 0. The van der Waals surface area contributed by atoms with Crippen molar-refractivity contribution in [3.63, 3.8) is 0 Å². The quantitative estimate of drug-likeness (QED) is 0.669. The SMILES string of the molecule is CCOC(=O)CNc1c(-c2ccc(OCC)cc2)nc2ccccn12. The molecule has 0 bridgehead atoms. The van der Waals surface area contributed by atoms with Gasteiger partial charge in [-0.3, -0.25) is 9.20 Å². The number of imidazole rings is 1. The second-order valence-electron chi connectivity index (χ2n) is 5.35. The number of esters is 1. The molecule has 0 saturated carbocycles. The molecule has 0 amide bonds. The molecule has 1 aromatic carbocycles. The van der Waals surface area contributed by atoms with Crippen molar-refractivity contribution in [2.45, 2.75) is 13.8 Å². The van der Waals surface area contributed by atoms with E-state index in [4.69, 9.17) is 14.5 Å². The molecule has 0 saturated heterocycles. The minimum Gasteiger partial charge on any atom is -0.494 e. The fraction of sp³-hybridized carbons (Fsp3) is 0.263. The molecule has 2 aromatic heterocycles. The molecule has 0 unspecified atom stereocenters. The molecule has 0 spiro atoms. The first-order valence-electron chi connectivity index (χ1n) is 8.32. The van der Waals surface area contributed by atoms with Crippen molar-refractivity contribution in [2.75, 3.05) is 25.1 Å². The smallest absolute Gasteiger partial charge is 0.325 e. The van der Waals surface area contributed by atoms with Crippen LogP contribution in [0.2, 0.25) is 0 Å². The summed E-state index contributed by atoms with van der Waals surface area (Å²) in [6, 6.07) is 13.5. The van der Waals surface area contributed by atoms with Gasteiger partial charge in [-0.15, -0.1) is 0 Å². The lowest BCUT2D eigenvalue weighted by Crippen LogP contribution is -2.17. The summed E-state index contributed by atoms with van der Waals surface area (Å²) in [6.45, 7) is 4.81. The molecule has 0 fully saturated rings. The molecule has 3 aromatic rings. The van der Waals surface area contributed by atoms with Gasteiger partial charge in [0.25, 0.3) is 0 Å². The van der Waals surface area contributed by atoms with Crippen LogP contribution in [-0.2, 0) is 9.53 Å². The molecule has 130 valence electrons. The van der Waals surface area contributed by atoms with E-state index in [1.54, 1.807) is 6.92 Å². The maximum atomic E-state index is 11.7. The maximum Gasteiger partial charge on any atom is 0.325 e. The van der Waals surface area contributed by atoms with Crippen molar-refractivity contribution in [3.05, 3.63) is 48.7 Å². The van der Waals surface area contributed by atoms with Crippen LogP contribution >= 0.6 is 0 Å². The lowest BCUT2D eigenvalue weighted by Gasteiger charge is -2.09. The number of nitrogens with zero attached hydrogens (tertiary/aromatic N) is 2. The number of rotatable bonds is 7. The number of hydrogen-bond acceptors (Lipinski definition) is 5. The lowest BCUT2D eigenvalue weighted by molar-refractivity contribution is -0.140. The van der Waals surface area contributed by atoms with Crippen molar-refractivity contribution in [1.82, 2.24) is 9.38 Å². The Morgan fingerprint density at radius 3 is 2.64 bits per heavy atom. The van der Waals surface area contributed by atoms with E-state index in [9.17, 15) is 4.79 Å². The highest BCUT2D eigenvalue weighted by atomic mass is 16.5. The van der Waals surface area contributed by atoms with Gasteiger partial charge in [-0.2, -0.15) is 0 Å². The number of carbonyl (C=O) groups is 1. The molecule has 25 heavy (non-hydrogen) atoms. The summed E-state index contributed by atoms with van der Waals surface area (Å²) in [5.74, 6) is 1.27. The normalized spacial score (nSPS) is 10.6. The van der Waals surface area contributed by atoms with Crippen molar-refractivity contribution in [2.24, 2.45) is 0 Å². The molecule has 0 atom stereocenters. The average Bonchev–Trinajstić information content (AvgIpc) is 3.00. The van der Waals surface area contributed by atoms with Crippen molar-refractivity contribution in [1.29, 1.82) is 0 Å². The minimum absolute atomic E-state index is 0.0839. The molecule has 2 heterocycles. The van der Waals surface area contributed by atoms with E-state index in [-0.39, 0.29) is 12.5 Å². The minimum atomic E-state index is -0.300. The summed E-state index contributed by atoms with van der Waals surface area (Å²) in [6.07, 6.45) is 1.91. The van der Waals surface area contributed by atoms with E-state index in [0.717, 1.165) is 28.5 Å². The Kier molecular flexibility index (Phi) is 5.18. The number of carbonyl (C=O) groups excluding carboxylic acids is 1. The second kappa shape index (κ2) is 7.70. The van der Waals surface area contributed by atoms with Gasteiger partial charge >= 0.3 is 5.97 Å². The number of anilines is 1. The zero-order chi connectivity index (χ0) is 17.6. The van der Waals surface area contributed by atoms with Crippen molar-refractivity contribution >= 4 is 17.4 Å². The Bertz CT molecular complexity index is 856. The first-order chi connectivity index (χ1) is 12.2. The van der Waals surface area contributed by atoms with Gasteiger partial charge in [0, 0.05) is 11.8 Å². The highest BCUT2D eigenvalue weighted by Gasteiger charge is 2.15. The fourth-order valence-electron chi connectivity index (χ4n) is 2.61. The Labute approximate surface area is 146 Å². The zero-order valence-corrected chi connectivity index (χ0v) is 14.4. The average molecular weight is 339 g/mol. The Morgan fingerprint density at radius 1 is 1.12 bits per heavy atom. The predicted octanol–water partition coefficient (Wildman–Crippen LogP) is 3.38. The summed E-state index contributed by atoms with van der Waals surface area (Å²) in [5.41, 5.74) is 2.52. The topological polar surface area (TPSA) is 64.9 Å². The summed E-state index contributed by atoms with van der Waals surface area (Å²) in [7, 11) is 0. The standard InChI is InChI=1S/C19H21N3O3/c1-3-24-15-10-8-14(9-11-15)18-19(20-13-17(23)25-4-2)22-12-6-5-7-16(22)21-18/h5-12,20H,3-4,13H2,1-2H3. The van der Waals surface area contributed by atoms with Gasteiger partial charge in [-0.1, -0.05) is 6.07 Å². The Morgan fingerprint density at radius 2 is 1.92 bits per heavy atom. The maximum absolute atomic E-state index is 11.7. The third-order valence-corrected chi connectivity index (χ3v) is 3.67. The third-order valence-electron chi connectivity index (χ3n) is 3.67. The number of fused-ring (bicyclic) bond motifs is 1. The van der Waals surface area contributed by atoms with Crippen LogP contribution in [0.1, 0.15) is 13.8 Å². The van der Waals surface area contributed by atoms with Gasteiger partial charge in [0.1, 0.15) is 29.5 Å². The Balaban J connectivity index is 1.95. The van der Waals surface area contributed by atoms with E-state index in [1.807, 2.05) is 60.0 Å². The molecule has 6 nitrogen and oxygen atoms in total. The van der Waals surface area contributed by atoms with Crippen molar-refractivity contribution < 1.29 is 14.3 Å². The molecule has 3 rings (SSSR count). The molecule has 0 radical (unpaired) electrons. The van der Waals surface area contributed by atoms with Crippen LogP contribution in [0.5, 0.6) is 5.75 Å². The van der Waals surface area contributed by atoms with Crippen LogP contribution < -0.4 is 10.1 Å². The number of hydrogen-bond donors (Lipinski definition) is 1. The molecule has 6 heteroatoms. The number of pyridine rings is 1. The fourth-order valence-corrected chi connectivity index (χ4v) is 2.61. The predicted molar refractivity (Wildman–Crippen MR) is 96.9 cm³/mol. The monoisotopic (exact) mass is 339 g/mol. The molecule has 0 aliphatic heterocycles. The summed E-state index contributed by atoms with van der Waals surface area (Å²) in [4.78, 5) is 16.4. The van der Waals surface area contributed by atoms with E-state index < -0.39 is 0 Å². The van der Waals surface area contributed by atoms with Gasteiger partial charge in [0.05, 0.1) is 13.2 Å². The Hall–Kier alpha value is -3.02. The van der Waals surface area contributed by atoms with Crippen LogP contribution in [0.4, 0.5) is 5.82 Å². The van der Waals surface area contributed by atoms with Crippen LogP contribution in [0.25, 0.3) is 16.9 Å². The summed E-state index contributed by atoms with van der Waals surface area (Å²) in [5, 5.41) is 3.15. The van der Waals surface area contributed by atoms with Crippen LogP contribution in [-0.4, -0.2) is 35.1 Å². The molecule has 0 aliphatic carbocycles. The van der Waals surface area contributed by atoms with Gasteiger partial charge in [0.15, 0.2) is 0 Å². The van der Waals surface area contributed by atoms with E-state index in [2.05, 4.69) is 5.32 Å². The summed E-state index contributed by atoms with van der Waals surface area (Å²) < 4.78 is 12.4. The lowest BCUT2D eigenvalue weighted by atomic mass is 10.1. The van der Waals surface area contributed by atoms with Gasteiger partial charge < -0.3 is 14.8 Å². The molecule has 1 N–H and O–H groups in total. The number of benzene rings is 1. The third kappa shape index (κ3) is 3.74. The zero-order valence-electron chi connectivity index (χ0n) is 14.4. The molecule has 0 aliphatic rings. The molecular weight excluding hydrogens is 318 g/mol.